The van der Waals surface area contributed by atoms with Gasteiger partial charge >= 0.3 is 0 Å². The van der Waals surface area contributed by atoms with Crippen molar-refractivity contribution in [1.29, 1.82) is 0 Å². The number of ether oxygens (including phenoxy) is 2. The molecule has 0 aromatic heterocycles. The fourth-order valence-corrected chi connectivity index (χ4v) is 11.0. The second-order valence-electron chi connectivity index (χ2n) is 18.5. The van der Waals surface area contributed by atoms with E-state index in [9.17, 15) is 0 Å². The largest absolute Gasteiger partial charge is 0.458 e. The molecule has 0 bridgehead atoms. The summed E-state index contributed by atoms with van der Waals surface area (Å²) in [6.45, 7) is 14.1. The van der Waals surface area contributed by atoms with Gasteiger partial charge < -0.3 is 19.3 Å². The highest BCUT2D eigenvalue weighted by molar-refractivity contribution is 7.02. The fourth-order valence-electron chi connectivity index (χ4n) is 11.0. The molecule has 12 rings (SSSR count). The van der Waals surface area contributed by atoms with E-state index in [1.165, 1.54) is 77.8 Å². The highest BCUT2D eigenvalue weighted by Gasteiger charge is 2.48. The van der Waals surface area contributed by atoms with E-state index in [4.69, 9.17) is 9.47 Å². The zero-order chi connectivity index (χ0) is 39.2. The summed E-state index contributed by atoms with van der Waals surface area (Å²) in [5.41, 5.74) is 20.0. The number of aryl methyl sites for hydroxylation is 2. The van der Waals surface area contributed by atoms with Gasteiger partial charge in [-0.3, -0.25) is 0 Å². The molecular formula is C52H44B2N2O2. The van der Waals surface area contributed by atoms with Gasteiger partial charge in [-0.15, -0.1) is 0 Å². The summed E-state index contributed by atoms with van der Waals surface area (Å²) in [6, 6.07) is 49.5. The Kier molecular flexibility index (Phi) is 6.87. The minimum Gasteiger partial charge on any atom is -0.458 e. The van der Waals surface area contributed by atoms with Crippen molar-refractivity contribution in [3.05, 3.63) is 156 Å². The normalized spacial score (nSPS) is 16.7. The number of nitrogens with zero attached hydrogens (tertiary/aromatic N) is 2. The molecule has 0 radical (unpaired) electrons. The van der Waals surface area contributed by atoms with Crippen LogP contribution >= 0.6 is 0 Å². The number of hydrogen-bond donors (Lipinski definition) is 0. The third-order valence-electron chi connectivity index (χ3n) is 13.9. The monoisotopic (exact) mass is 750 g/mol. The molecule has 0 unspecified atom stereocenters. The van der Waals surface area contributed by atoms with E-state index in [0.717, 1.165) is 47.2 Å². The highest BCUT2D eigenvalue weighted by Crippen LogP contribution is 2.50. The van der Waals surface area contributed by atoms with Gasteiger partial charge in [-0.1, -0.05) is 94.4 Å². The summed E-state index contributed by atoms with van der Waals surface area (Å²) in [6.07, 6.45) is 2.32. The predicted octanol–water partition coefficient (Wildman–Crippen LogP) is 9.46. The van der Waals surface area contributed by atoms with Crippen molar-refractivity contribution in [1.82, 2.24) is 0 Å². The lowest BCUT2D eigenvalue weighted by molar-refractivity contribution is 0.332. The summed E-state index contributed by atoms with van der Waals surface area (Å²) in [4.78, 5) is 4.92. The van der Waals surface area contributed by atoms with Gasteiger partial charge in [-0.05, 0) is 153 Å². The van der Waals surface area contributed by atoms with E-state index in [0.29, 0.717) is 0 Å². The highest BCUT2D eigenvalue weighted by atomic mass is 16.5. The van der Waals surface area contributed by atoms with Gasteiger partial charge in [0.25, 0.3) is 13.4 Å². The van der Waals surface area contributed by atoms with Crippen LogP contribution in [0, 0.1) is 13.8 Å². The van der Waals surface area contributed by atoms with Crippen molar-refractivity contribution in [2.24, 2.45) is 0 Å². The van der Waals surface area contributed by atoms with Crippen molar-refractivity contribution in [2.75, 3.05) is 9.80 Å². The maximum atomic E-state index is 7.10. The van der Waals surface area contributed by atoms with Crippen molar-refractivity contribution >= 4 is 80.3 Å². The molecule has 6 heteroatoms. The Morgan fingerprint density at radius 1 is 0.431 bits per heavy atom. The predicted molar refractivity (Wildman–Crippen MR) is 243 cm³/mol. The zero-order valence-corrected chi connectivity index (χ0v) is 34.0. The summed E-state index contributed by atoms with van der Waals surface area (Å²) < 4.78 is 14.1. The summed E-state index contributed by atoms with van der Waals surface area (Å²) in [5, 5.41) is 0. The lowest BCUT2D eigenvalue weighted by atomic mass is 9.31. The van der Waals surface area contributed by atoms with E-state index in [2.05, 4.69) is 185 Å². The minimum absolute atomic E-state index is 0.0122. The molecule has 1 aliphatic carbocycles. The first-order valence-corrected chi connectivity index (χ1v) is 20.9. The van der Waals surface area contributed by atoms with Gasteiger partial charge in [0, 0.05) is 40.2 Å². The van der Waals surface area contributed by atoms with Crippen LogP contribution in [-0.4, -0.2) is 13.4 Å². The molecular weight excluding hydrogens is 706 g/mol. The van der Waals surface area contributed by atoms with Crippen LogP contribution in [0.2, 0.25) is 0 Å². The first-order chi connectivity index (χ1) is 28.1. The van der Waals surface area contributed by atoms with Crippen molar-refractivity contribution in [2.45, 2.75) is 65.2 Å². The van der Waals surface area contributed by atoms with E-state index in [1.807, 2.05) is 0 Å². The molecule has 4 nitrogen and oxygen atoms in total. The maximum absolute atomic E-state index is 7.10. The van der Waals surface area contributed by atoms with Crippen molar-refractivity contribution in [3.8, 4) is 23.0 Å². The Morgan fingerprint density at radius 3 is 1.48 bits per heavy atom. The number of anilines is 6. The Hall–Kier alpha value is -6.13. The van der Waals surface area contributed by atoms with E-state index in [1.54, 1.807) is 0 Å². The molecule has 7 aromatic carbocycles. The second kappa shape index (κ2) is 11.7. The minimum atomic E-state index is -0.0284. The van der Waals surface area contributed by atoms with Crippen LogP contribution in [0.4, 0.5) is 34.1 Å². The Labute approximate surface area is 342 Å². The molecule has 0 atom stereocenters. The van der Waals surface area contributed by atoms with Gasteiger partial charge in [-0.2, -0.15) is 0 Å². The molecule has 0 saturated carbocycles. The van der Waals surface area contributed by atoms with E-state index in [-0.39, 0.29) is 24.3 Å². The maximum Gasteiger partial charge on any atom is 0.256 e. The Morgan fingerprint density at radius 2 is 0.914 bits per heavy atom. The average Bonchev–Trinajstić information content (AvgIpc) is 3.21. The van der Waals surface area contributed by atoms with Crippen LogP contribution in [0.15, 0.2) is 133 Å². The van der Waals surface area contributed by atoms with Gasteiger partial charge in [0.2, 0.25) is 0 Å². The molecule has 0 spiro atoms. The van der Waals surface area contributed by atoms with Crippen LogP contribution in [-0.2, 0) is 10.8 Å². The van der Waals surface area contributed by atoms with E-state index >= 15 is 0 Å². The number of fused-ring (bicyclic) bond motifs is 9. The molecule has 0 N–H and O–H groups in total. The standard InChI is InChI=1S/C52H44B2N2O2/c1-31-23-43-49-47(25-31)57-45-30-46-40(29-39(45)53(49)37-19-13-14-20-41(37)55(43)33-15-9-7-10-16-33)54-38-27-35-36(52(5,6)22-21-51(35,3)4)28-42(38)56(34-17-11-8-12-18-34)44-24-32(2)26-48(58-46)50(44)54/h7-20,23-30H,21-22H2,1-6H3. The molecule has 0 fully saturated rings. The van der Waals surface area contributed by atoms with Gasteiger partial charge in [0.05, 0.1) is 0 Å². The van der Waals surface area contributed by atoms with Gasteiger partial charge in [0.1, 0.15) is 23.0 Å². The molecule has 7 aromatic rings. The molecule has 0 amide bonds. The Balaban J connectivity index is 1.13. The molecule has 4 aliphatic heterocycles. The molecule has 58 heavy (non-hydrogen) atoms. The molecule has 0 saturated heterocycles. The van der Waals surface area contributed by atoms with Gasteiger partial charge in [0.15, 0.2) is 0 Å². The number of rotatable bonds is 2. The third-order valence-corrected chi connectivity index (χ3v) is 13.9. The number of hydrogen-bond acceptors (Lipinski definition) is 4. The smallest absolute Gasteiger partial charge is 0.256 e. The van der Waals surface area contributed by atoms with Crippen molar-refractivity contribution < 1.29 is 9.47 Å². The summed E-state index contributed by atoms with van der Waals surface area (Å²) in [5.74, 6) is 3.57. The average molecular weight is 751 g/mol. The zero-order valence-electron chi connectivity index (χ0n) is 34.0. The summed E-state index contributed by atoms with van der Waals surface area (Å²) in [7, 11) is 0. The summed E-state index contributed by atoms with van der Waals surface area (Å²) >= 11 is 0. The third kappa shape index (κ3) is 4.66. The SMILES string of the molecule is Cc1cc2c3c(c1)N(c1ccccc1)c1ccccc1B3c1cc3c(cc1O2)Oc1cc(C)cc2c1B3c1cc3c(cc1N2c1ccccc1)C(C)(C)CCC3(C)C. The lowest BCUT2D eigenvalue weighted by Gasteiger charge is -2.46. The van der Waals surface area contributed by atoms with Crippen LogP contribution in [0.1, 0.15) is 62.8 Å². The van der Waals surface area contributed by atoms with E-state index < -0.39 is 0 Å². The second-order valence-corrected chi connectivity index (χ2v) is 18.5. The first kappa shape index (κ1) is 34.0. The van der Waals surface area contributed by atoms with Crippen LogP contribution in [0.3, 0.4) is 0 Å². The number of benzene rings is 7. The fraction of sp³-hybridized carbons (Fsp3) is 0.192. The van der Waals surface area contributed by atoms with Gasteiger partial charge in [-0.25, -0.2) is 0 Å². The molecule has 5 aliphatic rings. The number of para-hydroxylation sites is 3. The van der Waals surface area contributed by atoms with Crippen LogP contribution in [0.5, 0.6) is 23.0 Å². The lowest BCUT2D eigenvalue weighted by Crippen LogP contribution is -2.63. The molecule has 4 heterocycles. The topological polar surface area (TPSA) is 24.9 Å². The Bertz CT molecular complexity index is 2900. The van der Waals surface area contributed by atoms with Crippen LogP contribution in [0.25, 0.3) is 0 Å². The first-order valence-electron chi connectivity index (χ1n) is 20.9. The van der Waals surface area contributed by atoms with Crippen LogP contribution < -0.4 is 52.1 Å². The quantitative estimate of drug-likeness (QED) is 0.165. The van der Waals surface area contributed by atoms with Crippen molar-refractivity contribution in [3.63, 3.8) is 0 Å². The molecule has 280 valence electrons.